The molecule has 0 atom stereocenters. The molecule has 4 aromatic rings. The number of halogens is 1. The molecule has 0 saturated heterocycles. The number of aromatic nitrogens is 4. The quantitative estimate of drug-likeness (QED) is 0.452. The van der Waals surface area contributed by atoms with Crippen molar-refractivity contribution in [2.45, 2.75) is 20.0 Å². The maximum atomic E-state index is 13.0. The van der Waals surface area contributed by atoms with Crippen molar-refractivity contribution >= 4 is 28.8 Å². The average molecular weight is 421 g/mol. The summed E-state index contributed by atoms with van der Waals surface area (Å²) >= 11 is 5.38. The van der Waals surface area contributed by atoms with Gasteiger partial charge in [0.2, 0.25) is 0 Å². The van der Waals surface area contributed by atoms with E-state index in [0.717, 1.165) is 11.3 Å². The van der Waals surface area contributed by atoms with Gasteiger partial charge in [0.05, 0.1) is 25.0 Å². The fraction of sp³-hybridized carbons (Fsp3) is 0.136. The highest BCUT2D eigenvalue weighted by molar-refractivity contribution is 7.80. The molecule has 0 aliphatic carbocycles. The second-order valence-corrected chi connectivity index (χ2v) is 7.37. The molecule has 2 aromatic heterocycles. The molecule has 0 aliphatic heterocycles. The van der Waals surface area contributed by atoms with Crippen LogP contribution in [0, 0.1) is 12.7 Å². The molecule has 2 aromatic carbocycles. The van der Waals surface area contributed by atoms with Gasteiger partial charge in [-0.1, -0.05) is 36.4 Å². The summed E-state index contributed by atoms with van der Waals surface area (Å²) < 4.78 is 16.6. The van der Waals surface area contributed by atoms with Crippen LogP contribution in [0.3, 0.4) is 0 Å². The number of rotatable bonds is 6. The normalized spacial score (nSPS) is 10.7. The van der Waals surface area contributed by atoms with Crippen molar-refractivity contribution in [2.24, 2.45) is 0 Å². The molecule has 152 valence electrons. The van der Waals surface area contributed by atoms with Crippen LogP contribution in [0.15, 0.2) is 73.2 Å². The van der Waals surface area contributed by atoms with Gasteiger partial charge in [0.1, 0.15) is 5.82 Å². The molecule has 8 heteroatoms. The van der Waals surface area contributed by atoms with E-state index < -0.39 is 0 Å². The molecule has 0 aliphatic rings. The number of thiocarbonyl (C=S) groups is 1. The monoisotopic (exact) mass is 420 g/mol. The standard InChI is InChI=1S/C22H21FN6S/c1-16-4-2-3-5-18(16)14-29-15-20(12-24-29)25-22(30)26-21-10-11-28(27-21)13-17-6-8-19(23)9-7-17/h2-12,15H,13-14H2,1H3,(H2,25,26,27,30). The van der Waals surface area contributed by atoms with E-state index in [1.807, 2.05) is 35.3 Å². The van der Waals surface area contributed by atoms with E-state index in [2.05, 4.69) is 39.9 Å². The Balaban J connectivity index is 1.32. The first-order valence-corrected chi connectivity index (χ1v) is 9.89. The van der Waals surface area contributed by atoms with Crippen LogP contribution in [-0.4, -0.2) is 24.7 Å². The topological polar surface area (TPSA) is 59.7 Å². The van der Waals surface area contributed by atoms with Gasteiger partial charge in [0.25, 0.3) is 0 Å². The maximum absolute atomic E-state index is 13.0. The Morgan fingerprint density at radius 1 is 1.00 bits per heavy atom. The third-order valence-corrected chi connectivity index (χ3v) is 4.83. The van der Waals surface area contributed by atoms with Crippen LogP contribution >= 0.6 is 12.2 Å². The van der Waals surface area contributed by atoms with E-state index in [0.29, 0.717) is 24.0 Å². The first-order valence-electron chi connectivity index (χ1n) is 9.48. The number of nitrogens with zero attached hydrogens (tertiary/aromatic N) is 4. The lowest BCUT2D eigenvalue weighted by Gasteiger charge is -2.07. The number of nitrogens with one attached hydrogen (secondary N) is 2. The SMILES string of the molecule is Cc1ccccc1Cn1cc(NC(=S)Nc2ccn(Cc3ccc(F)cc3)n2)cn1. The predicted molar refractivity (Wildman–Crippen MR) is 120 cm³/mol. The van der Waals surface area contributed by atoms with Crippen molar-refractivity contribution in [2.75, 3.05) is 10.6 Å². The molecular weight excluding hydrogens is 399 g/mol. The van der Waals surface area contributed by atoms with Crippen LogP contribution in [0.4, 0.5) is 15.9 Å². The van der Waals surface area contributed by atoms with Crippen molar-refractivity contribution in [1.29, 1.82) is 0 Å². The average Bonchev–Trinajstić information content (AvgIpc) is 3.35. The number of anilines is 2. The number of aryl methyl sites for hydroxylation is 1. The van der Waals surface area contributed by atoms with Crippen LogP contribution in [0.25, 0.3) is 0 Å². The number of hydrogen-bond donors (Lipinski definition) is 2. The Morgan fingerprint density at radius 3 is 2.60 bits per heavy atom. The molecule has 0 spiro atoms. The zero-order valence-corrected chi connectivity index (χ0v) is 17.2. The summed E-state index contributed by atoms with van der Waals surface area (Å²) in [6.07, 6.45) is 5.49. The highest BCUT2D eigenvalue weighted by Crippen LogP contribution is 2.12. The summed E-state index contributed by atoms with van der Waals surface area (Å²) in [5, 5.41) is 15.4. The highest BCUT2D eigenvalue weighted by atomic mass is 32.1. The van der Waals surface area contributed by atoms with Crippen LogP contribution in [0.2, 0.25) is 0 Å². The van der Waals surface area contributed by atoms with Gasteiger partial charge in [-0.3, -0.25) is 9.36 Å². The van der Waals surface area contributed by atoms with Crippen molar-refractivity contribution in [3.8, 4) is 0 Å². The number of benzene rings is 2. The summed E-state index contributed by atoms with van der Waals surface area (Å²) in [5.41, 5.74) is 4.22. The largest absolute Gasteiger partial charge is 0.330 e. The molecule has 6 nitrogen and oxygen atoms in total. The van der Waals surface area contributed by atoms with Gasteiger partial charge < -0.3 is 10.6 Å². The third-order valence-electron chi connectivity index (χ3n) is 4.62. The van der Waals surface area contributed by atoms with E-state index in [4.69, 9.17) is 12.2 Å². The van der Waals surface area contributed by atoms with Gasteiger partial charge in [-0.25, -0.2) is 4.39 Å². The van der Waals surface area contributed by atoms with Gasteiger partial charge >= 0.3 is 0 Å². The van der Waals surface area contributed by atoms with Gasteiger partial charge in [0, 0.05) is 18.5 Å². The van der Waals surface area contributed by atoms with Crippen molar-refractivity contribution in [3.05, 3.63) is 95.7 Å². The van der Waals surface area contributed by atoms with Gasteiger partial charge in [-0.15, -0.1) is 0 Å². The molecule has 0 bridgehead atoms. The predicted octanol–water partition coefficient (Wildman–Crippen LogP) is 4.43. The summed E-state index contributed by atoms with van der Waals surface area (Å²) in [6.45, 7) is 3.34. The minimum atomic E-state index is -0.250. The zero-order chi connectivity index (χ0) is 20.9. The Morgan fingerprint density at radius 2 is 1.80 bits per heavy atom. The lowest BCUT2D eigenvalue weighted by atomic mass is 10.1. The lowest BCUT2D eigenvalue weighted by molar-refractivity contribution is 0.624. The van der Waals surface area contributed by atoms with Crippen LogP contribution < -0.4 is 10.6 Å². The highest BCUT2D eigenvalue weighted by Gasteiger charge is 2.06. The fourth-order valence-electron chi connectivity index (χ4n) is 3.05. The van der Waals surface area contributed by atoms with E-state index in [9.17, 15) is 4.39 Å². The molecule has 2 N–H and O–H groups in total. The van der Waals surface area contributed by atoms with Crippen LogP contribution in [0.5, 0.6) is 0 Å². The first-order chi connectivity index (χ1) is 14.5. The zero-order valence-electron chi connectivity index (χ0n) is 16.4. The minimum Gasteiger partial charge on any atom is -0.330 e. The first kappa shape index (κ1) is 19.8. The Bertz CT molecular complexity index is 1150. The van der Waals surface area contributed by atoms with Gasteiger partial charge in [-0.05, 0) is 48.0 Å². The van der Waals surface area contributed by atoms with Gasteiger partial charge in [-0.2, -0.15) is 10.2 Å². The lowest BCUT2D eigenvalue weighted by Crippen LogP contribution is -2.19. The Labute approximate surface area is 179 Å². The summed E-state index contributed by atoms with van der Waals surface area (Å²) in [4.78, 5) is 0. The Hall–Kier alpha value is -3.52. The smallest absolute Gasteiger partial charge is 0.176 e. The molecule has 2 heterocycles. The molecule has 0 fully saturated rings. The second kappa shape index (κ2) is 8.87. The van der Waals surface area contributed by atoms with Crippen molar-refractivity contribution in [1.82, 2.24) is 19.6 Å². The molecule has 0 radical (unpaired) electrons. The fourth-order valence-corrected chi connectivity index (χ4v) is 3.27. The van der Waals surface area contributed by atoms with Crippen molar-refractivity contribution in [3.63, 3.8) is 0 Å². The molecule has 0 unspecified atom stereocenters. The summed E-state index contributed by atoms with van der Waals surface area (Å²) in [5.74, 6) is 0.377. The minimum absolute atomic E-state index is 0.250. The van der Waals surface area contributed by atoms with Crippen molar-refractivity contribution < 1.29 is 4.39 Å². The van der Waals surface area contributed by atoms with Gasteiger partial charge in [0.15, 0.2) is 10.9 Å². The second-order valence-electron chi connectivity index (χ2n) is 6.96. The van der Waals surface area contributed by atoms with E-state index >= 15 is 0 Å². The molecule has 4 rings (SSSR count). The van der Waals surface area contributed by atoms with Crippen LogP contribution in [0.1, 0.15) is 16.7 Å². The number of hydrogen-bond acceptors (Lipinski definition) is 3. The molecule has 0 amide bonds. The molecular formula is C22H21FN6S. The van der Waals surface area contributed by atoms with E-state index in [1.165, 1.54) is 23.3 Å². The molecule has 30 heavy (non-hydrogen) atoms. The Kier molecular flexibility index (Phi) is 5.85. The van der Waals surface area contributed by atoms with E-state index in [-0.39, 0.29) is 5.82 Å². The van der Waals surface area contributed by atoms with Crippen LogP contribution in [-0.2, 0) is 13.1 Å². The summed E-state index contributed by atoms with van der Waals surface area (Å²) in [6, 6.07) is 16.4. The summed E-state index contributed by atoms with van der Waals surface area (Å²) in [7, 11) is 0. The molecule has 0 saturated carbocycles. The van der Waals surface area contributed by atoms with E-state index in [1.54, 1.807) is 23.0 Å². The third kappa shape index (κ3) is 5.09. The maximum Gasteiger partial charge on any atom is 0.176 e.